The summed E-state index contributed by atoms with van der Waals surface area (Å²) in [6.07, 6.45) is 1.17. The molecular formula is C18H20ClNO3S2. The Morgan fingerprint density at radius 2 is 1.80 bits per heavy atom. The summed E-state index contributed by atoms with van der Waals surface area (Å²) in [5.41, 5.74) is 1.86. The van der Waals surface area contributed by atoms with E-state index in [0.29, 0.717) is 16.5 Å². The number of nitrogens with one attached hydrogen (secondary N) is 1. The van der Waals surface area contributed by atoms with Crippen LogP contribution >= 0.6 is 23.4 Å². The van der Waals surface area contributed by atoms with Gasteiger partial charge in [0.15, 0.2) is 9.84 Å². The molecule has 0 aliphatic rings. The number of carbonyl (C=O) groups is 1. The van der Waals surface area contributed by atoms with E-state index in [1.807, 2.05) is 31.2 Å². The molecule has 0 radical (unpaired) electrons. The van der Waals surface area contributed by atoms with E-state index in [1.54, 1.807) is 24.3 Å². The van der Waals surface area contributed by atoms with E-state index in [4.69, 9.17) is 11.6 Å². The number of amides is 1. The Bertz CT molecular complexity index is 836. The minimum atomic E-state index is -3.21. The van der Waals surface area contributed by atoms with Gasteiger partial charge in [0.05, 0.1) is 16.7 Å². The van der Waals surface area contributed by atoms with Crippen LogP contribution in [0, 0.1) is 0 Å². The molecule has 134 valence electrons. The molecule has 2 aromatic rings. The number of hydrogen-bond donors (Lipinski definition) is 1. The second-order valence-electron chi connectivity index (χ2n) is 5.71. The molecular weight excluding hydrogens is 378 g/mol. The van der Waals surface area contributed by atoms with Crippen molar-refractivity contribution in [3.63, 3.8) is 0 Å². The Morgan fingerprint density at radius 3 is 2.40 bits per heavy atom. The zero-order chi connectivity index (χ0) is 18.4. The molecule has 0 aromatic heterocycles. The molecule has 1 N–H and O–H groups in total. The van der Waals surface area contributed by atoms with Gasteiger partial charge in [0.25, 0.3) is 0 Å². The van der Waals surface area contributed by atoms with Crippen LogP contribution in [0.1, 0.15) is 24.1 Å². The van der Waals surface area contributed by atoms with E-state index >= 15 is 0 Å². The van der Waals surface area contributed by atoms with Crippen molar-refractivity contribution in [2.75, 3.05) is 12.0 Å². The molecule has 4 nitrogen and oxygen atoms in total. The minimum Gasteiger partial charge on any atom is -0.349 e. The number of thioether (sulfide) groups is 1. The van der Waals surface area contributed by atoms with Gasteiger partial charge in [0.2, 0.25) is 5.91 Å². The van der Waals surface area contributed by atoms with Crippen LogP contribution in [0.15, 0.2) is 53.4 Å². The molecule has 0 bridgehead atoms. The maximum atomic E-state index is 12.1. The summed E-state index contributed by atoms with van der Waals surface area (Å²) >= 11 is 7.59. The third-order valence-electron chi connectivity index (χ3n) is 3.63. The first-order valence-electron chi connectivity index (χ1n) is 7.68. The standard InChI is InChI=1S/C18H20ClNO3S2/c1-13(14-7-9-16(10-8-14)25(2,22)23)20-18(21)12-24-11-15-5-3-4-6-17(15)19/h3-10,13H,11-12H2,1-2H3,(H,20,21). The van der Waals surface area contributed by atoms with Gasteiger partial charge in [0.1, 0.15) is 0 Å². The van der Waals surface area contributed by atoms with Crippen molar-refractivity contribution < 1.29 is 13.2 Å². The SMILES string of the molecule is CC(NC(=O)CSCc1ccccc1Cl)c1ccc(S(C)(=O)=O)cc1. The van der Waals surface area contributed by atoms with Crippen LogP contribution in [0.2, 0.25) is 5.02 Å². The Balaban J connectivity index is 1.84. The Kier molecular flexibility index (Phi) is 6.93. The summed E-state index contributed by atoms with van der Waals surface area (Å²) in [5, 5.41) is 3.62. The second-order valence-corrected chi connectivity index (χ2v) is 9.12. The molecule has 0 spiro atoms. The lowest BCUT2D eigenvalue weighted by Crippen LogP contribution is -2.28. The highest BCUT2D eigenvalue weighted by Crippen LogP contribution is 2.21. The maximum absolute atomic E-state index is 12.1. The second kappa shape index (κ2) is 8.74. The van der Waals surface area contributed by atoms with Crippen LogP contribution in [0.5, 0.6) is 0 Å². The monoisotopic (exact) mass is 397 g/mol. The maximum Gasteiger partial charge on any atom is 0.230 e. The fourth-order valence-corrected chi connectivity index (χ4v) is 3.99. The predicted molar refractivity (Wildman–Crippen MR) is 104 cm³/mol. The molecule has 0 aliphatic carbocycles. The van der Waals surface area contributed by atoms with Gasteiger partial charge in [-0.3, -0.25) is 4.79 Å². The molecule has 2 aromatic carbocycles. The largest absolute Gasteiger partial charge is 0.349 e. The average molecular weight is 398 g/mol. The van der Waals surface area contributed by atoms with Gasteiger partial charge < -0.3 is 5.32 Å². The molecule has 0 saturated heterocycles. The number of hydrogen-bond acceptors (Lipinski definition) is 4. The van der Waals surface area contributed by atoms with Crippen molar-refractivity contribution in [3.8, 4) is 0 Å². The van der Waals surface area contributed by atoms with E-state index in [-0.39, 0.29) is 16.8 Å². The first kappa shape index (κ1) is 19.8. The molecule has 0 aliphatic heterocycles. The number of benzene rings is 2. The highest BCUT2D eigenvalue weighted by molar-refractivity contribution is 7.99. The third kappa shape index (κ3) is 6.06. The summed E-state index contributed by atoms with van der Waals surface area (Å²) in [5.74, 6) is 0.929. The molecule has 25 heavy (non-hydrogen) atoms. The molecule has 1 amide bonds. The molecule has 0 fully saturated rings. The van der Waals surface area contributed by atoms with Gasteiger partial charge in [-0.15, -0.1) is 11.8 Å². The Morgan fingerprint density at radius 1 is 1.16 bits per heavy atom. The zero-order valence-electron chi connectivity index (χ0n) is 14.0. The fourth-order valence-electron chi connectivity index (χ4n) is 2.24. The van der Waals surface area contributed by atoms with Gasteiger partial charge >= 0.3 is 0 Å². The summed E-state index contributed by atoms with van der Waals surface area (Å²) in [7, 11) is -3.21. The molecule has 0 heterocycles. The van der Waals surface area contributed by atoms with Crippen LogP contribution in [-0.4, -0.2) is 26.3 Å². The first-order chi connectivity index (χ1) is 11.8. The van der Waals surface area contributed by atoms with Gasteiger partial charge in [0, 0.05) is 17.0 Å². The van der Waals surface area contributed by atoms with Gasteiger partial charge in [-0.2, -0.15) is 0 Å². The lowest BCUT2D eigenvalue weighted by molar-refractivity contribution is -0.119. The average Bonchev–Trinajstić information content (AvgIpc) is 2.56. The van der Waals surface area contributed by atoms with Crippen LogP contribution in [0.4, 0.5) is 0 Å². The molecule has 0 saturated carbocycles. The van der Waals surface area contributed by atoms with E-state index in [9.17, 15) is 13.2 Å². The predicted octanol–water partition coefficient (Wildman–Crippen LogP) is 3.85. The van der Waals surface area contributed by atoms with Crippen LogP contribution < -0.4 is 5.32 Å². The Labute approximate surface area is 157 Å². The number of sulfone groups is 1. The first-order valence-corrected chi connectivity index (χ1v) is 11.1. The molecule has 1 unspecified atom stereocenters. The van der Waals surface area contributed by atoms with Gasteiger partial charge in [-0.1, -0.05) is 41.9 Å². The van der Waals surface area contributed by atoms with Crippen molar-refractivity contribution in [3.05, 3.63) is 64.7 Å². The molecule has 2 rings (SSSR count). The highest BCUT2D eigenvalue weighted by atomic mass is 35.5. The summed E-state index contributed by atoms with van der Waals surface area (Å²) in [4.78, 5) is 12.3. The number of carbonyl (C=O) groups excluding carboxylic acids is 1. The smallest absolute Gasteiger partial charge is 0.230 e. The highest BCUT2D eigenvalue weighted by Gasteiger charge is 2.12. The van der Waals surface area contributed by atoms with Crippen LogP contribution in [0.3, 0.4) is 0 Å². The lowest BCUT2D eigenvalue weighted by Gasteiger charge is -2.14. The van der Waals surface area contributed by atoms with E-state index < -0.39 is 9.84 Å². The zero-order valence-corrected chi connectivity index (χ0v) is 16.4. The van der Waals surface area contributed by atoms with Crippen molar-refractivity contribution >= 4 is 39.1 Å². The quantitative estimate of drug-likeness (QED) is 0.770. The van der Waals surface area contributed by atoms with Crippen molar-refractivity contribution in [2.45, 2.75) is 23.6 Å². The van der Waals surface area contributed by atoms with E-state index in [0.717, 1.165) is 11.1 Å². The minimum absolute atomic E-state index is 0.0725. The summed E-state index contributed by atoms with van der Waals surface area (Å²) in [6.45, 7) is 1.87. The fraction of sp³-hybridized carbons (Fsp3) is 0.278. The number of halogens is 1. The van der Waals surface area contributed by atoms with Crippen molar-refractivity contribution in [1.82, 2.24) is 5.32 Å². The van der Waals surface area contributed by atoms with E-state index in [1.165, 1.54) is 18.0 Å². The Hall–Kier alpha value is -1.50. The van der Waals surface area contributed by atoms with E-state index in [2.05, 4.69) is 5.32 Å². The summed E-state index contributed by atoms with van der Waals surface area (Å²) < 4.78 is 22.9. The topological polar surface area (TPSA) is 63.2 Å². The molecule has 1 atom stereocenters. The van der Waals surface area contributed by atoms with Gasteiger partial charge in [-0.05, 0) is 36.2 Å². The summed E-state index contributed by atoms with van der Waals surface area (Å²) in [6, 6.07) is 13.9. The normalized spacial score (nSPS) is 12.6. The van der Waals surface area contributed by atoms with Gasteiger partial charge in [-0.25, -0.2) is 8.42 Å². The van der Waals surface area contributed by atoms with Crippen LogP contribution in [-0.2, 0) is 20.4 Å². The third-order valence-corrected chi connectivity index (χ3v) is 6.11. The van der Waals surface area contributed by atoms with Crippen LogP contribution in [0.25, 0.3) is 0 Å². The van der Waals surface area contributed by atoms with Crippen molar-refractivity contribution in [2.24, 2.45) is 0 Å². The number of rotatable bonds is 7. The molecule has 7 heteroatoms. The van der Waals surface area contributed by atoms with Crippen molar-refractivity contribution in [1.29, 1.82) is 0 Å². The lowest BCUT2D eigenvalue weighted by atomic mass is 10.1.